The second-order valence-electron chi connectivity index (χ2n) is 12.4. The summed E-state index contributed by atoms with van der Waals surface area (Å²) in [4.78, 5) is 14.8. The highest BCUT2D eigenvalue weighted by molar-refractivity contribution is 7.27. The monoisotopic (exact) mass is 618 g/mol. The molecule has 0 fully saturated rings. The van der Waals surface area contributed by atoms with Crippen LogP contribution in [0.15, 0.2) is 121 Å². The lowest BCUT2D eigenvalue weighted by Gasteiger charge is -2.37. The molecule has 2 heterocycles. The Morgan fingerprint density at radius 3 is 1.76 bits per heavy atom. The van der Waals surface area contributed by atoms with Gasteiger partial charge in [0.1, 0.15) is 0 Å². The second kappa shape index (κ2) is 11.9. The van der Waals surface area contributed by atoms with Crippen LogP contribution in [0.2, 0.25) is 0 Å². The van der Waals surface area contributed by atoms with E-state index in [4.69, 9.17) is 19.6 Å². The van der Waals surface area contributed by atoms with Gasteiger partial charge in [-0.05, 0) is 61.8 Å². The molecule has 1 radical (unpaired) electrons. The molecule has 7 rings (SSSR count). The summed E-state index contributed by atoms with van der Waals surface area (Å²) in [5, 5.41) is 13.2. The minimum Gasteiger partial charge on any atom is -0.427 e. The molecule has 5 nitrogen and oxygen atoms in total. The molecule has 0 saturated carbocycles. The Balaban J connectivity index is 1.38. The predicted octanol–water partition coefficient (Wildman–Crippen LogP) is 8.72. The molecule has 0 aliphatic heterocycles. The normalized spacial score (nSPS) is 12.1. The molecule has 225 valence electrons. The zero-order chi connectivity index (χ0) is 31.9. The van der Waals surface area contributed by atoms with E-state index in [2.05, 4.69) is 48.5 Å². The SMILES string of the molecule is CC(C)(O)C(C)(C)O[B]c1c(-c2cccc(-c3nc(-c4ccccc4)nc(-c4ccccc4)n3)c2)ccc2c1sc1ccccc12. The Labute approximate surface area is 273 Å². The minimum absolute atomic E-state index is 0.599. The topological polar surface area (TPSA) is 68.1 Å². The fourth-order valence-electron chi connectivity index (χ4n) is 5.29. The number of thiophene rings is 1. The van der Waals surface area contributed by atoms with Crippen LogP contribution in [0, 0.1) is 0 Å². The van der Waals surface area contributed by atoms with Crippen LogP contribution < -0.4 is 5.46 Å². The van der Waals surface area contributed by atoms with Gasteiger partial charge in [0.2, 0.25) is 0 Å². The molecule has 0 spiro atoms. The van der Waals surface area contributed by atoms with Crippen molar-refractivity contribution in [2.75, 3.05) is 0 Å². The molecule has 0 atom stereocenters. The molecule has 0 aliphatic rings. The van der Waals surface area contributed by atoms with Crippen LogP contribution >= 0.6 is 11.3 Å². The van der Waals surface area contributed by atoms with Crippen molar-refractivity contribution in [1.29, 1.82) is 0 Å². The van der Waals surface area contributed by atoms with Gasteiger partial charge in [0.25, 0.3) is 0 Å². The van der Waals surface area contributed by atoms with Gasteiger partial charge in [-0.1, -0.05) is 109 Å². The summed E-state index contributed by atoms with van der Waals surface area (Å²) in [6, 6.07) is 41.1. The minimum atomic E-state index is -1.05. The Morgan fingerprint density at radius 1 is 0.587 bits per heavy atom. The van der Waals surface area contributed by atoms with E-state index >= 15 is 0 Å². The molecule has 0 saturated heterocycles. The molecule has 0 aliphatic carbocycles. The van der Waals surface area contributed by atoms with Crippen LogP contribution in [-0.2, 0) is 4.65 Å². The number of aliphatic hydroxyl groups is 1. The van der Waals surface area contributed by atoms with Crippen molar-refractivity contribution in [3.05, 3.63) is 121 Å². The fourth-order valence-corrected chi connectivity index (χ4v) is 6.50. The average Bonchev–Trinajstić information content (AvgIpc) is 3.46. The number of aromatic nitrogens is 3. The Kier molecular flexibility index (Phi) is 7.77. The summed E-state index contributed by atoms with van der Waals surface area (Å²) in [5.41, 5.74) is 3.87. The zero-order valence-electron chi connectivity index (χ0n) is 26.2. The van der Waals surface area contributed by atoms with E-state index < -0.39 is 11.2 Å². The molecule has 1 N–H and O–H groups in total. The van der Waals surface area contributed by atoms with E-state index in [1.165, 1.54) is 15.5 Å². The fraction of sp³-hybridized carbons (Fsp3) is 0.154. The van der Waals surface area contributed by atoms with Crippen LogP contribution in [0.5, 0.6) is 0 Å². The third-order valence-corrected chi connectivity index (χ3v) is 9.88. The highest BCUT2D eigenvalue weighted by Crippen LogP contribution is 2.36. The van der Waals surface area contributed by atoms with E-state index in [1.807, 2.05) is 94.1 Å². The van der Waals surface area contributed by atoms with Crippen molar-refractivity contribution in [1.82, 2.24) is 15.0 Å². The number of hydrogen-bond donors (Lipinski definition) is 1. The summed E-state index contributed by atoms with van der Waals surface area (Å²) in [5.74, 6) is 1.85. The van der Waals surface area contributed by atoms with Crippen molar-refractivity contribution < 1.29 is 9.76 Å². The zero-order valence-corrected chi connectivity index (χ0v) is 27.0. The first-order valence-electron chi connectivity index (χ1n) is 15.3. The molecular formula is C39H33BN3O2S. The maximum absolute atomic E-state index is 10.8. The second-order valence-corrected chi connectivity index (χ2v) is 13.5. The maximum Gasteiger partial charge on any atom is 0.333 e. The van der Waals surface area contributed by atoms with Gasteiger partial charge in [-0.3, -0.25) is 0 Å². The van der Waals surface area contributed by atoms with Crippen molar-refractivity contribution in [3.63, 3.8) is 0 Å². The quantitative estimate of drug-likeness (QED) is 0.173. The number of benzene rings is 5. The number of fused-ring (bicyclic) bond motifs is 3. The number of rotatable bonds is 8. The van der Waals surface area contributed by atoms with Crippen molar-refractivity contribution in [2.24, 2.45) is 0 Å². The van der Waals surface area contributed by atoms with Crippen LogP contribution in [0.4, 0.5) is 0 Å². The molecule has 0 bridgehead atoms. The average molecular weight is 619 g/mol. The highest BCUT2D eigenvalue weighted by Gasteiger charge is 2.36. The van der Waals surface area contributed by atoms with Crippen LogP contribution in [-0.4, -0.2) is 38.7 Å². The van der Waals surface area contributed by atoms with Crippen molar-refractivity contribution >= 4 is 44.5 Å². The summed E-state index contributed by atoms with van der Waals surface area (Å²) < 4.78 is 8.74. The van der Waals surface area contributed by atoms with Gasteiger partial charge in [-0.15, -0.1) is 11.3 Å². The van der Waals surface area contributed by atoms with Crippen molar-refractivity contribution in [2.45, 2.75) is 38.9 Å². The summed E-state index contributed by atoms with van der Waals surface area (Å²) in [6.07, 6.45) is 0. The first-order chi connectivity index (χ1) is 22.2. The lowest BCUT2D eigenvalue weighted by molar-refractivity contribution is -0.0892. The van der Waals surface area contributed by atoms with Gasteiger partial charge in [-0.2, -0.15) is 0 Å². The third-order valence-electron chi connectivity index (χ3n) is 8.66. The standard InChI is InChI=1S/C39H33BN3O2S/c1-38(2,44)39(3,4)45-40-33-29(22-23-31-30-20-11-12-21-32(30)46-34(31)33)27-18-13-19-28(24-27)37-42-35(25-14-7-5-8-15-25)41-36(43-37)26-16-9-6-10-17-26/h5-24,44H,1-4H3. The van der Waals surface area contributed by atoms with Crippen molar-refractivity contribution in [3.8, 4) is 45.3 Å². The maximum atomic E-state index is 10.8. The summed E-state index contributed by atoms with van der Waals surface area (Å²) in [7, 11) is 1.82. The van der Waals surface area contributed by atoms with Gasteiger partial charge < -0.3 is 9.76 Å². The van der Waals surface area contributed by atoms with E-state index in [1.54, 1.807) is 25.2 Å². The highest BCUT2D eigenvalue weighted by atomic mass is 32.1. The summed E-state index contributed by atoms with van der Waals surface area (Å²) in [6.45, 7) is 7.36. The van der Waals surface area contributed by atoms with Crippen LogP contribution in [0.3, 0.4) is 0 Å². The van der Waals surface area contributed by atoms with E-state index in [-0.39, 0.29) is 0 Å². The van der Waals surface area contributed by atoms with Gasteiger partial charge in [0, 0.05) is 31.5 Å². The molecule has 0 amide bonds. The molecular weight excluding hydrogens is 585 g/mol. The third kappa shape index (κ3) is 5.74. The molecule has 7 aromatic rings. The Bertz CT molecular complexity index is 2120. The van der Waals surface area contributed by atoms with E-state index in [0.717, 1.165) is 38.0 Å². The van der Waals surface area contributed by atoms with E-state index in [0.29, 0.717) is 17.5 Å². The van der Waals surface area contributed by atoms with Crippen LogP contribution in [0.25, 0.3) is 65.5 Å². The first-order valence-corrected chi connectivity index (χ1v) is 16.1. The molecule has 2 aromatic heterocycles. The first kappa shape index (κ1) is 30.0. The largest absolute Gasteiger partial charge is 0.427 e. The summed E-state index contributed by atoms with van der Waals surface area (Å²) >= 11 is 1.75. The predicted molar refractivity (Wildman–Crippen MR) is 191 cm³/mol. The van der Waals surface area contributed by atoms with Gasteiger partial charge in [0.05, 0.1) is 11.2 Å². The van der Waals surface area contributed by atoms with Gasteiger partial charge in [0.15, 0.2) is 17.5 Å². The Morgan fingerprint density at radius 2 is 1.13 bits per heavy atom. The lowest BCUT2D eigenvalue weighted by atomic mass is 9.78. The molecule has 7 heteroatoms. The number of hydrogen-bond acceptors (Lipinski definition) is 6. The molecule has 46 heavy (non-hydrogen) atoms. The number of nitrogens with zero attached hydrogens (tertiary/aromatic N) is 3. The molecule has 5 aromatic carbocycles. The van der Waals surface area contributed by atoms with Crippen LogP contribution in [0.1, 0.15) is 27.7 Å². The van der Waals surface area contributed by atoms with E-state index in [9.17, 15) is 5.11 Å². The van der Waals surface area contributed by atoms with Gasteiger partial charge in [-0.25, -0.2) is 15.0 Å². The molecule has 0 unspecified atom stereocenters. The lowest BCUT2D eigenvalue weighted by Crippen LogP contribution is -2.49. The van der Waals surface area contributed by atoms with Gasteiger partial charge >= 0.3 is 7.48 Å². The smallest absolute Gasteiger partial charge is 0.333 e. The Hall–Kier alpha value is -4.69.